The van der Waals surface area contributed by atoms with Crippen molar-refractivity contribution in [3.05, 3.63) is 59.7 Å². The third kappa shape index (κ3) is 5.46. The van der Waals surface area contributed by atoms with Gasteiger partial charge in [-0.3, -0.25) is 4.79 Å². The van der Waals surface area contributed by atoms with E-state index in [9.17, 15) is 4.79 Å². The minimum absolute atomic E-state index is 0.188. The molecule has 0 aromatic heterocycles. The summed E-state index contributed by atoms with van der Waals surface area (Å²) in [5, 5.41) is 15.0. The van der Waals surface area contributed by atoms with Crippen molar-refractivity contribution in [3.8, 4) is 11.8 Å². The summed E-state index contributed by atoms with van der Waals surface area (Å²) in [5.74, 6) is 0.447. The molecule has 0 aliphatic heterocycles. The molecule has 2 aromatic rings. The van der Waals surface area contributed by atoms with Gasteiger partial charge in [-0.1, -0.05) is 17.3 Å². The highest BCUT2D eigenvalue weighted by molar-refractivity contribution is 5.91. The molecule has 2 rings (SSSR count). The molecule has 2 aromatic carbocycles. The van der Waals surface area contributed by atoms with Crippen LogP contribution in [-0.4, -0.2) is 25.8 Å². The van der Waals surface area contributed by atoms with E-state index in [1.165, 1.54) is 6.21 Å². The second-order valence-corrected chi connectivity index (χ2v) is 4.86. The lowest BCUT2D eigenvalue weighted by atomic mass is 10.1. The topological polar surface area (TPSA) is 83.7 Å². The second kappa shape index (κ2) is 8.96. The standard InChI is InChI=1S/C18H17N3O3/c1-23-17-8-4-15(5-9-17)12-20-24-13-18(22)21-16-6-2-14(3-7-16)10-11-19/h2-9,12H,10,13H2,1H3,(H,21,22)/b20-12-. The molecule has 6 heteroatoms. The predicted octanol–water partition coefficient (Wildman–Crippen LogP) is 2.75. The van der Waals surface area contributed by atoms with E-state index in [-0.39, 0.29) is 12.5 Å². The number of oxime groups is 1. The van der Waals surface area contributed by atoms with Crippen LogP contribution >= 0.6 is 0 Å². The normalized spacial score (nSPS) is 10.2. The Morgan fingerprint density at radius 2 is 1.92 bits per heavy atom. The molecule has 0 spiro atoms. The Balaban J connectivity index is 1.76. The molecular weight excluding hydrogens is 306 g/mol. The van der Waals surface area contributed by atoms with Crippen LogP contribution in [0.15, 0.2) is 53.7 Å². The maximum atomic E-state index is 11.7. The maximum Gasteiger partial charge on any atom is 0.265 e. The highest BCUT2D eigenvalue weighted by atomic mass is 16.6. The average molecular weight is 323 g/mol. The number of benzene rings is 2. The van der Waals surface area contributed by atoms with Crippen molar-refractivity contribution < 1.29 is 14.4 Å². The molecule has 0 saturated heterocycles. The first-order chi connectivity index (χ1) is 11.7. The van der Waals surface area contributed by atoms with Crippen molar-refractivity contribution in [1.82, 2.24) is 0 Å². The summed E-state index contributed by atoms with van der Waals surface area (Å²) < 4.78 is 5.06. The van der Waals surface area contributed by atoms with Crippen LogP contribution in [0.1, 0.15) is 11.1 Å². The lowest BCUT2D eigenvalue weighted by molar-refractivity contribution is -0.120. The van der Waals surface area contributed by atoms with Gasteiger partial charge in [0.2, 0.25) is 0 Å². The van der Waals surface area contributed by atoms with Crippen LogP contribution in [0.2, 0.25) is 0 Å². The zero-order valence-electron chi connectivity index (χ0n) is 13.2. The summed E-state index contributed by atoms with van der Waals surface area (Å²) in [6.07, 6.45) is 1.86. The molecule has 0 aliphatic carbocycles. The molecule has 122 valence electrons. The minimum atomic E-state index is -0.310. The number of carbonyl (C=O) groups is 1. The fraction of sp³-hybridized carbons (Fsp3) is 0.167. The van der Waals surface area contributed by atoms with E-state index in [4.69, 9.17) is 14.8 Å². The largest absolute Gasteiger partial charge is 0.497 e. The van der Waals surface area contributed by atoms with E-state index >= 15 is 0 Å². The first-order valence-corrected chi connectivity index (χ1v) is 7.26. The second-order valence-electron chi connectivity index (χ2n) is 4.86. The number of hydrogen-bond donors (Lipinski definition) is 1. The first kappa shape index (κ1) is 17.0. The molecule has 0 bridgehead atoms. The molecule has 0 radical (unpaired) electrons. The molecule has 0 saturated carbocycles. The number of ether oxygens (including phenoxy) is 1. The first-order valence-electron chi connectivity index (χ1n) is 7.26. The Kier molecular flexibility index (Phi) is 6.35. The van der Waals surface area contributed by atoms with Crippen LogP contribution in [0.5, 0.6) is 5.75 Å². The van der Waals surface area contributed by atoms with Crippen molar-refractivity contribution in [2.24, 2.45) is 5.16 Å². The van der Waals surface area contributed by atoms with Gasteiger partial charge in [0.25, 0.3) is 5.91 Å². The molecule has 0 unspecified atom stereocenters. The van der Waals surface area contributed by atoms with Gasteiger partial charge in [-0.15, -0.1) is 0 Å². The van der Waals surface area contributed by atoms with E-state index < -0.39 is 0 Å². The van der Waals surface area contributed by atoms with Crippen LogP contribution in [-0.2, 0) is 16.1 Å². The lowest BCUT2D eigenvalue weighted by Gasteiger charge is -2.04. The zero-order valence-corrected chi connectivity index (χ0v) is 13.2. The summed E-state index contributed by atoms with van der Waals surface area (Å²) in [4.78, 5) is 16.7. The number of nitriles is 1. The number of carbonyl (C=O) groups excluding carboxylic acids is 1. The van der Waals surface area contributed by atoms with Crippen LogP contribution in [0.3, 0.4) is 0 Å². The minimum Gasteiger partial charge on any atom is -0.497 e. The van der Waals surface area contributed by atoms with Crippen molar-refractivity contribution in [2.75, 3.05) is 19.0 Å². The average Bonchev–Trinajstić information content (AvgIpc) is 2.61. The van der Waals surface area contributed by atoms with Gasteiger partial charge >= 0.3 is 0 Å². The lowest BCUT2D eigenvalue weighted by Crippen LogP contribution is -2.16. The molecule has 0 aliphatic rings. The summed E-state index contributed by atoms with van der Waals surface area (Å²) in [6.45, 7) is -0.188. The van der Waals surface area contributed by atoms with Crippen LogP contribution < -0.4 is 10.1 Å². The molecule has 0 heterocycles. The van der Waals surface area contributed by atoms with Gasteiger partial charge in [0.15, 0.2) is 6.61 Å². The van der Waals surface area contributed by atoms with E-state index in [2.05, 4.69) is 16.5 Å². The van der Waals surface area contributed by atoms with Crippen LogP contribution in [0.4, 0.5) is 5.69 Å². The van der Waals surface area contributed by atoms with Crippen LogP contribution in [0.25, 0.3) is 0 Å². The van der Waals surface area contributed by atoms with Crippen molar-refractivity contribution >= 4 is 17.8 Å². The number of nitrogens with zero attached hydrogens (tertiary/aromatic N) is 2. The van der Waals surface area contributed by atoms with Crippen molar-refractivity contribution in [1.29, 1.82) is 5.26 Å². The number of methoxy groups -OCH3 is 1. The van der Waals surface area contributed by atoms with Crippen molar-refractivity contribution in [2.45, 2.75) is 6.42 Å². The predicted molar refractivity (Wildman–Crippen MR) is 90.9 cm³/mol. The highest BCUT2D eigenvalue weighted by Crippen LogP contribution is 2.10. The van der Waals surface area contributed by atoms with E-state index in [1.807, 2.05) is 24.3 Å². The smallest absolute Gasteiger partial charge is 0.265 e. The summed E-state index contributed by atoms with van der Waals surface area (Å²) in [5.41, 5.74) is 2.38. The quantitative estimate of drug-likeness (QED) is 0.627. The fourth-order valence-electron chi connectivity index (χ4n) is 1.88. The summed E-state index contributed by atoms with van der Waals surface area (Å²) in [6, 6.07) is 16.4. The van der Waals surface area contributed by atoms with Crippen LogP contribution in [0, 0.1) is 11.3 Å². The van der Waals surface area contributed by atoms with Gasteiger partial charge < -0.3 is 14.9 Å². The van der Waals surface area contributed by atoms with Crippen molar-refractivity contribution in [3.63, 3.8) is 0 Å². The SMILES string of the molecule is COc1ccc(/C=N\OCC(=O)Nc2ccc(CC#N)cc2)cc1. The maximum absolute atomic E-state index is 11.7. The molecule has 6 nitrogen and oxygen atoms in total. The summed E-state index contributed by atoms with van der Waals surface area (Å²) >= 11 is 0. The van der Waals surface area contributed by atoms with Gasteiger partial charge in [0, 0.05) is 5.69 Å². The number of hydrogen-bond acceptors (Lipinski definition) is 5. The molecule has 24 heavy (non-hydrogen) atoms. The Morgan fingerprint density at radius 1 is 1.21 bits per heavy atom. The Bertz CT molecular complexity index is 732. The van der Waals surface area contributed by atoms with Gasteiger partial charge in [-0.2, -0.15) is 5.26 Å². The molecule has 0 atom stereocenters. The van der Waals surface area contributed by atoms with E-state index in [0.29, 0.717) is 12.1 Å². The highest BCUT2D eigenvalue weighted by Gasteiger charge is 2.02. The summed E-state index contributed by atoms with van der Waals surface area (Å²) in [7, 11) is 1.60. The monoisotopic (exact) mass is 323 g/mol. The van der Waals surface area contributed by atoms with Gasteiger partial charge in [0.05, 0.1) is 25.8 Å². The Morgan fingerprint density at radius 3 is 2.54 bits per heavy atom. The number of amides is 1. The Labute approximate surface area is 140 Å². The number of anilines is 1. The van der Waals surface area contributed by atoms with E-state index in [0.717, 1.165) is 16.9 Å². The number of rotatable bonds is 7. The third-order valence-electron chi connectivity index (χ3n) is 3.11. The molecule has 1 amide bonds. The molecule has 1 N–H and O–H groups in total. The van der Waals surface area contributed by atoms with E-state index in [1.54, 1.807) is 31.4 Å². The molecular formula is C18H17N3O3. The van der Waals surface area contributed by atoms with Gasteiger partial charge in [-0.25, -0.2) is 0 Å². The van der Waals surface area contributed by atoms with Gasteiger partial charge in [0.1, 0.15) is 5.75 Å². The Hall–Kier alpha value is -3.33. The zero-order chi connectivity index (χ0) is 17.2. The molecule has 0 fully saturated rings. The third-order valence-corrected chi connectivity index (χ3v) is 3.11. The number of nitrogens with one attached hydrogen (secondary N) is 1. The fourth-order valence-corrected chi connectivity index (χ4v) is 1.88. The van der Waals surface area contributed by atoms with Gasteiger partial charge in [-0.05, 0) is 47.5 Å².